The van der Waals surface area contributed by atoms with Crippen molar-refractivity contribution < 1.29 is 9.59 Å². The van der Waals surface area contributed by atoms with Crippen molar-refractivity contribution in [3.63, 3.8) is 0 Å². The summed E-state index contributed by atoms with van der Waals surface area (Å²) in [4.78, 5) is 25.0. The molecule has 1 fully saturated rings. The van der Waals surface area contributed by atoms with Gasteiger partial charge in [0.05, 0.1) is 11.1 Å². The van der Waals surface area contributed by atoms with Gasteiger partial charge in [-0.2, -0.15) is 0 Å². The van der Waals surface area contributed by atoms with Gasteiger partial charge in [-0.3, -0.25) is 14.2 Å². The second kappa shape index (κ2) is 8.45. The van der Waals surface area contributed by atoms with Crippen LogP contribution in [0.3, 0.4) is 0 Å². The largest absolute Gasteiger partial charge is 0.382 e. The van der Waals surface area contributed by atoms with Gasteiger partial charge in [0.15, 0.2) is 0 Å². The lowest BCUT2D eigenvalue weighted by molar-refractivity contribution is 0.0889. The van der Waals surface area contributed by atoms with Crippen molar-refractivity contribution in [1.29, 1.82) is 0 Å². The average Bonchev–Trinajstić information content (AvgIpc) is 3.14. The van der Waals surface area contributed by atoms with Crippen LogP contribution in [-0.2, 0) is 12.8 Å². The van der Waals surface area contributed by atoms with Gasteiger partial charge in [0.2, 0.25) is 5.91 Å². The Balaban J connectivity index is 1.68. The molecule has 3 aromatic rings. The van der Waals surface area contributed by atoms with E-state index in [2.05, 4.69) is 36.5 Å². The number of fused-ring (bicyclic) bond motifs is 3. The van der Waals surface area contributed by atoms with Crippen molar-refractivity contribution in [2.75, 3.05) is 5.32 Å². The Morgan fingerprint density at radius 1 is 1.06 bits per heavy atom. The summed E-state index contributed by atoms with van der Waals surface area (Å²) in [6, 6.07) is 12.7. The van der Waals surface area contributed by atoms with Gasteiger partial charge in [-0.05, 0) is 67.5 Å². The molecule has 0 spiro atoms. The number of aryl methyl sites for hydroxylation is 1. The quantitative estimate of drug-likeness (QED) is 0.547. The SMILES string of the molecule is CCc1ccc2c(c1)c(-c1ccc(C(N)=O)c(NC3CCCCC3)c1)c1n2C(=O)CCC1. The molecule has 1 aliphatic carbocycles. The van der Waals surface area contributed by atoms with E-state index in [-0.39, 0.29) is 5.91 Å². The summed E-state index contributed by atoms with van der Waals surface area (Å²) in [7, 11) is 0. The van der Waals surface area contributed by atoms with Crippen molar-refractivity contribution >= 4 is 28.4 Å². The predicted octanol–water partition coefficient (Wildman–Crippen LogP) is 5.69. The van der Waals surface area contributed by atoms with Crippen LogP contribution in [0.2, 0.25) is 0 Å². The molecule has 1 amide bonds. The maximum Gasteiger partial charge on any atom is 0.250 e. The number of nitrogens with one attached hydrogen (secondary N) is 1. The van der Waals surface area contributed by atoms with E-state index < -0.39 is 5.91 Å². The monoisotopic (exact) mass is 429 g/mol. The number of carbonyl (C=O) groups excluding carboxylic acids is 2. The molecule has 0 atom stereocenters. The van der Waals surface area contributed by atoms with Crippen LogP contribution < -0.4 is 11.1 Å². The van der Waals surface area contributed by atoms with E-state index >= 15 is 0 Å². The van der Waals surface area contributed by atoms with Crippen LogP contribution in [0.5, 0.6) is 0 Å². The molecule has 0 saturated heterocycles. The molecular weight excluding hydrogens is 398 g/mol. The van der Waals surface area contributed by atoms with Crippen molar-refractivity contribution in [3.8, 4) is 11.1 Å². The summed E-state index contributed by atoms with van der Waals surface area (Å²) in [5, 5.41) is 4.73. The zero-order chi connectivity index (χ0) is 22.2. The molecule has 3 N–H and O–H groups in total. The summed E-state index contributed by atoms with van der Waals surface area (Å²) in [6.45, 7) is 2.15. The minimum Gasteiger partial charge on any atom is -0.382 e. The zero-order valence-electron chi connectivity index (χ0n) is 18.7. The third kappa shape index (κ3) is 3.60. The van der Waals surface area contributed by atoms with Gasteiger partial charge in [0.1, 0.15) is 0 Å². The maximum absolute atomic E-state index is 12.9. The first-order chi connectivity index (χ1) is 15.6. The molecule has 0 bridgehead atoms. The number of hydrogen-bond donors (Lipinski definition) is 2. The van der Waals surface area contributed by atoms with Crippen molar-refractivity contribution in [2.24, 2.45) is 5.73 Å². The average molecular weight is 430 g/mol. The highest BCUT2D eigenvalue weighted by atomic mass is 16.2. The van der Waals surface area contributed by atoms with E-state index in [1.165, 1.54) is 24.8 Å². The molecular formula is C27H31N3O2. The lowest BCUT2D eigenvalue weighted by Gasteiger charge is -2.25. The van der Waals surface area contributed by atoms with Gasteiger partial charge < -0.3 is 11.1 Å². The molecule has 2 aromatic carbocycles. The first-order valence-corrected chi connectivity index (χ1v) is 12.0. The fourth-order valence-corrected chi connectivity index (χ4v) is 5.47. The first-order valence-electron chi connectivity index (χ1n) is 12.0. The lowest BCUT2D eigenvalue weighted by atomic mass is 9.93. The van der Waals surface area contributed by atoms with Gasteiger partial charge in [0, 0.05) is 34.8 Å². The summed E-state index contributed by atoms with van der Waals surface area (Å²) >= 11 is 0. The number of rotatable bonds is 5. The normalized spacial score (nSPS) is 16.8. The Bertz CT molecular complexity index is 1200. The number of primary amides is 1. The number of nitrogens with two attached hydrogens (primary N) is 1. The second-order valence-electron chi connectivity index (χ2n) is 9.21. The number of anilines is 1. The van der Waals surface area contributed by atoms with Gasteiger partial charge in [0.25, 0.3) is 5.91 Å². The van der Waals surface area contributed by atoms with Crippen LogP contribution in [0.1, 0.15) is 78.3 Å². The Kier molecular flexibility index (Phi) is 5.50. The van der Waals surface area contributed by atoms with E-state index in [9.17, 15) is 9.59 Å². The molecule has 1 aromatic heterocycles. The van der Waals surface area contributed by atoms with E-state index in [1.54, 1.807) is 0 Å². The summed E-state index contributed by atoms with van der Waals surface area (Å²) in [5.41, 5.74) is 12.5. The molecule has 32 heavy (non-hydrogen) atoms. The van der Waals surface area contributed by atoms with Gasteiger partial charge in [-0.15, -0.1) is 0 Å². The Labute approximate surface area is 189 Å². The molecule has 1 saturated carbocycles. The maximum atomic E-state index is 12.9. The molecule has 0 unspecified atom stereocenters. The Morgan fingerprint density at radius 3 is 2.62 bits per heavy atom. The van der Waals surface area contributed by atoms with Crippen LogP contribution in [0.15, 0.2) is 36.4 Å². The minimum atomic E-state index is -0.415. The second-order valence-corrected chi connectivity index (χ2v) is 9.21. The minimum absolute atomic E-state index is 0.168. The molecule has 166 valence electrons. The molecule has 5 rings (SSSR count). The highest BCUT2D eigenvalue weighted by molar-refractivity contribution is 6.06. The van der Waals surface area contributed by atoms with Crippen LogP contribution in [0, 0.1) is 0 Å². The highest BCUT2D eigenvalue weighted by Crippen LogP contribution is 2.40. The highest BCUT2D eigenvalue weighted by Gasteiger charge is 2.26. The fourth-order valence-electron chi connectivity index (χ4n) is 5.47. The first kappa shape index (κ1) is 20.8. The molecule has 0 radical (unpaired) electrons. The van der Waals surface area contributed by atoms with Crippen LogP contribution >= 0.6 is 0 Å². The van der Waals surface area contributed by atoms with Crippen LogP contribution in [0.4, 0.5) is 5.69 Å². The topological polar surface area (TPSA) is 77.1 Å². The van der Waals surface area contributed by atoms with E-state index in [1.807, 2.05) is 16.7 Å². The van der Waals surface area contributed by atoms with E-state index in [0.717, 1.165) is 65.5 Å². The number of hydrogen-bond acceptors (Lipinski definition) is 3. The third-order valence-electron chi connectivity index (χ3n) is 7.13. The summed E-state index contributed by atoms with van der Waals surface area (Å²) in [6.07, 6.45) is 9.20. The standard InChI is InChI=1S/C27H31N3O2/c1-2-17-11-14-23-21(15-17)26(24-9-6-10-25(31)30(23)24)18-12-13-20(27(28)32)22(16-18)29-19-7-4-3-5-8-19/h11-16,19,29H,2-10H2,1H3,(H2,28,32). The van der Waals surface area contributed by atoms with E-state index in [0.29, 0.717) is 18.0 Å². The lowest BCUT2D eigenvalue weighted by Crippen LogP contribution is -2.24. The summed E-state index contributed by atoms with van der Waals surface area (Å²) in [5.74, 6) is -0.247. The van der Waals surface area contributed by atoms with Crippen molar-refractivity contribution in [2.45, 2.75) is 70.8 Å². The summed E-state index contributed by atoms with van der Waals surface area (Å²) < 4.78 is 1.92. The number of carbonyl (C=O) groups is 2. The Morgan fingerprint density at radius 2 is 1.88 bits per heavy atom. The Hall–Kier alpha value is -3.08. The van der Waals surface area contributed by atoms with Crippen molar-refractivity contribution in [1.82, 2.24) is 4.57 Å². The molecule has 2 heterocycles. The van der Waals surface area contributed by atoms with Crippen LogP contribution in [-0.4, -0.2) is 22.4 Å². The predicted molar refractivity (Wildman–Crippen MR) is 129 cm³/mol. The molecule has 5 nitrogen and oxygen atoms in total. The van der Waals surface area contributed by atoms with Gasteiger partial charge in [-0.25, -0.2) is 0 Å². The molecule has 1 aliphatic heterocycles. The number of amides is 1. The zero-order valence-corrected chi connectivity index (χ0v) is 18.7. The molecule has 5 heteroatoms. The van der Waals surface area contributed by atoms with E-state index in [4.69, 9.17) is 5.73 Å². The molecule has 2 aliphatic rings. The van der Waals surface area contributed by atoms with Gasteiger partial charge in [-0.1, -0.05) is 38.3 Å². The van der Waals surface area contributed by atoms with Gasteiger partial charge >= 0.3 is 0 Å². The third-order valence-corrected chi connectivity index (χ3v) is 7.13. The van der Waals surface area contributed by atoms with Crippen LogP contribution in [0.25, 0.3) is 22.0 Å². The number of nitrogens with zero attached hydrogens (tertiary/aromatic N) is 1. The van der Waals surface area contributed by atoms with Crippen molar-refractivity contribution in [3.05, 3.63) is 53.2 Å². The number of aromatic nitrogens is 1. The fraction of sp³-hybridized carbons (Fsp3) is 0.407. The smallest absolute Gasteiger partial charge is 0.250 e. The number of benzene rings is 2.